The number of carbonyl (C=O) groups is 1. The Hall–Kier alpha value is -2.97. The van der Waals surface area contributed by atoms with Gasteiger partial charge in [0.05, 0.1) is 4.90 Å². The first-order valence-corrected chi connectivity index (χ1v) is 11.2. The highest BCUT2D eigenvalue weighted by Crippen LogP contribution is 2.29. The topological polar surface area (TPSA) is 85.4 Å². The van der Waals surface area contributed by atoms with Crippen LogP contribution >= 0.6 is 11.6 Å². The second kappa shape index (κ2) is 9.89. The lowest BCUT2D eigenvalue weighted by atomic mass is 10.2. The number of aromatic nitrogens is 1. The van der Waals surface area contributed by atoms with E-state index in [1.165, 1.54) is 31.5 Å². The van der Waals surface area contributed by atoms with Crippen LogP contribution in [0.1, 0.15) is 16.4 Å². The summed E-state index contributed by atoms with van der Waals surface area (Å²) in [5.74, 6) is -0.531. The quantitative estimate of drug-likeness (QED) is 0.513. The molecule has 0 spiro atoms. The normalized spacial score (nSPS) is 12.2. The average Bonchev–Trinajstić information content (AvgIpc) is 2.76. The van der Waals surface area contributed by atoms with E-state index in [9.17, 15) is 17.6 Å². The summed E-state index contributed by atoms with van der Waals surface area (Å²) in [4.78, 5) is 16.2. The maximum absolute atomic E-state index is 13.6. The predicted octanol–water partition coefficient (Wildman–Crippen LogP) is 3.89. The molecule has 1 atom stereocenters. The lowest BCUT2D eigenvalue weighted by Gasteiger charge is -2.19. The summed E-state index contributed by atoms with van der Waals surface area (Å²) < 4.78 is 45.6. The lowest BCUT2D eigenvalue weighted by Crippen LogP contribution is -2.35. The van der Waals surface area contributed by atoms with Crippen LogP contribution in [0.15, 0.2) is 71.9 Å². The molecule has 2 aromatic carbocycles. The van der Waals surface area contributed by atoms with Gasteiger partial charge >= 0.3 is 0 Å². The molecule has 9 heteroatoms. The van der Waals surface area contributed by atoms with E-state index < -0.39 is 26.8 Å². The van der Waals surface area contributed by atoms with Crippen LogP contribution in [0.5, 0.6) is 5.75 Å². The Bertz CT molecular complexity index is 1160. The maximum atomic E-state index is 13.6. The van der Waals surface area contributed by atoms with E-state index in [4.69, 9.17) is 16.3 Å². The zero-order valence-corrected chi connectivity index (χ0v) is 18.2. The zero-order chi connectivity index (χ0) is 22.4. The number of carbonyl (C=O) groups excluding carboxylic acids is 1. The van der Waals surface area contributed by atoms with E-state index in [0.717, 1.165) is 6.07 Å². The Labute approximate surface area is 185 Å². The fraction of sp³-hybridized carbons (Fsp3) is 0.182. The number of halogens is 2. The van der Waals surface area contributed by atoms with Crippen molar-refractivity contribution in [1.29, 1.82) is 0 Å². The van der Waals surface area contributed by atoms with Crippen LogP contribution in [0.3, 0.4) is 0 Å². The number of pyridine rings is 1. The molecule has 1 amide bonds. The number of rotatable bonds is 8. The average molecular weight is 463 g/mol. The molecule has 162 valence electrons. The molecule has 0 aliphatic rings. The van der Waals surface area contributed by atoms with Gasteiger partial charge in [0.15, 0.2) is 16.4 Å². The largest absolute Gasteiger partial charge is 0.484 e. The molecule has 0 saturated heterocycles. The molecule has 0 saturated carbocycles. The number of hydrogen-bond donors (Lipinski definition) is 1. The second-order valence-electron chi connectivity index (χ2n) is 6.78. The molecule has 1 heterocycles. The van der Waals surface area contributed by atoms with E-state index in [-0.39, 0.29) is 23.6 Å². The highest BCUT2D eigenvalue weighted by molar-refractivity contribution is 7.91. The van der Waals surface area contributed by atoms with Crippen LogP contribution in [0.25, 0.3) is 0 Å². The van der Waals surface area contributed by atoms with Crippen LogP contribution in [-0.4, -0.2) is 32.5 Å². The van der Waals surface area contributed by atoms with Crippen molar-refractivity contribution in [1.82, 2.24) is 10.3 Å². The minimum atomic E-state index is -3.94. The van der Waals surface area contributed by atoms with Gasteiger partial charge < -0.3 is 10.1 Å². The van der Waals surface area contributed by atoms with Crippen LogP contribution < -0.4 is 10.1 Å². The lowest BCUT2D eigenvalue weighted by molar-refractivity contribution is -0.123. The molecule has 0 fully saturated rings. The van der Waals surface area contributed by atoms with Crippen molar-refractivity contribution in [3.8, 4) is 5.75 Å². The Morgan fingerprint density at radius 1 is 1.19 bits per heavy atom. The monoisotopic (exact) mass is 462 g/mol. The molecule has 1 aromatic heterocycles. The molecule has 6 nitrogen and oxygen atoms in total. The first-order chi connectivity index (χ1) is 14.8. The molecule has 0 aliphatic heterocycles. The van der Waals surface area contributed by atoms with E-state index in [0.29, 0.717) is 16.3 Å². The molecular formula is C22H20ClFN2O4S. The van der Waals surface area contributed by atoms with E-state index in [2.05, 4.69) is 10.3 Å². The van der Waals surface area contributed by atoms with Gasteiger partial charge in [-0.2, -0.15) is 0 Å². The second-order valence-corrected chi connectivity index (χ2v) is 9.34. The Morgan fingerprint density at radius 2 is 1.94 bits per heavy atom. The fourth-order valence-electron chi connectivity index (χ4n) is 2.87. The number of aryl methyl sites for hydroxylation is 1. The fourth-order valence-corrected chi connectivity index (χ4v) is 4.72. The highest BCUT2D eigenvalue weighted by Gasteiger charge is 2.30. The van der Waals surface area contributed by atoms with Gasteiger partial charge in [0, 0.05) is 24.0 Å². The number of amides is 1. The van der Waals surface area contributed by atoms with Crippen molar-refractivity contribution < 1.29 is 22.3 Å². The minimum absolute atomic E-state index is 0.0353. The summed E-state index contributed by atoms with van der Waals surface area (Å²) in [5, 5.41) is 2.03. The third kappa shape index (κ3) is 5.80. The summed E-state index contributed by atoms with van der Waals surface area (Å²) in [6.45, 7) is 0.994. The Morgan fingerprint density at radius 3 is 2.58 bits per heavy atom. The van der Waals surface area contributed by atoms with E-state index in [1.54, 1.807) is 36.4 Å². The van der Waals surface area contributed by atoms with Gasteiger partial charge in [-0.25, -0.2) is 12.8 Å². The third-order valence-corrected chi connectivity index (χ3v) is 6.91. The predicted molar refractivity (Wildman–Crippen MR) is 115 cm³/mol. The molecule has 1 N–H and O–H groups in total. The van der Waals surface area contributed by atoms with E-state index >= 15 is 0 Å². The number of sulfone groups is 1. The van der Waals surface area contributed by atoms with Gasteiger partial charge in [0.25, 0.3) is 5.91 Å². The molecular weight excluding hydrogens is 443 g/mol. The Kier molecular flexibility index (Phi) is 7.25. The zero-order valence-electron chi connectivity index (χ0n) is 16.6. The molecule has 0 bridgehead atoms. The first kappa shape index (κ1) is 22.7. The van der Waals surface area contributed by atoms with Crippen LogP contribution in [0.4, 0.5) is 4.39 Å². The maximum Gasteiger partial charge on any atom is 0.257 e. The molecule has 3 rings (SSSR count). The van der Waals surface area contributed by atoms with Gasteiger partial charge in [-0.15, -0.1) is 0 Å². The number of nitrogens with one attached hydrogen (secondary N) is 1. The SMILES string of the molecule is Cc1cc(S(=O)(=O)C(CNC(=O)COc2ccc(Cl)cc2)c2cccnc2)ccc1F. The van der Waals surface area contributed by atoms with Crippen molar-refractivity contribution in [2.75, 3.05) is 13.2 Å². The number of benzene rings is 2. The van der Waals surface area contributed by atoms with E-state index in [1.807, 2.05) is 0 Å². The van der Waals surface area contributed by atoms with Gasteiger partial charge in [-0.05, 0) is 66.6 Å². The highest BCUT2D eigenvalue weighted by atomic mass is 35.5. The van der Waals surface area contributed by atoms with Crippen molar-refractivity contribution in [3.05, 3.63) is 89.0 Å². The summed E-state index contributed by atoms with van der Waals surface area (Å²) in [5.41, 5.74) is 0.620. The summed E-state index contributed by atoms with van der Waals surface area (Å²) in [7, 11) is -3.94. The summed E-state index contributed by atoms with van der Waals surface area (Å²) >= 11 is 5.81. The first-order valence-electron chi connectivity index (χ1n) is 9.32. The summed E-state index contributed by atoms with van der Waals surface area (Å²) in [6.07, 6.45) is 2.95. The molecule has 1 unspecified atom stereocenters. The molecule has 3 aromatic rings. The Balaban J connectivity index is 1.76. The number of ether oxygens (including phenoxy) is 1. The minimum Gasteiger partial charge on any atom is -0.484 e. The van der Waals surface area contributed by atoms with Crippen LogP contribution in [0, 0.1) is 12.7 Å². The summed E-state index contributed by atoms with van der Waals surface area (Å²) in [6, 6.07) is 13.3. The van der Waals surface area contributed by atoms with Crippen LogP contribution in [0.2, 0.25) is 5.02 Å². The van der Waals surface area contributed by atoms with Crippen molar-refractivity contribution in [2.45, 2.75) is 17.1 Å². The molecule has 0 aliphatic carbocycles. The van der Waals surface area contributed by atoms with Gasteiger partial charge in [-0.1, -0.05) is 17.7 Å². The third-order valence-electron chi connectivity index (χ3n) is 4.56. The smallest absolute Gasteiger partial charge is 0.257 e. The van der Waals surface area contributed by atoms with Crippen molar-refractivity contribution in [2.24, 2.45) is 0 Å². The molecule has 31 heavy (non-hydrogen) atoms. The van der Waals surface area contributed by atoms with Gasteiger partial charge in [0.1, 0.15) is 16.8 Å². The van der Waals surface area contributed by atoms with Gasteiger partial charge in [0.2, 0.25) is 0 Å². The van der Waals surface area contributed by atoms with Gasteiger partial charge in [-0.3, -0.25) is 9.78 Å². The van der Waals surface area contributed by atoms with Crippen molar-refractivity contribution in [3.63, 3.8) is 0 Å². The molecule has 0 radical (unpaired) electrons. The van der Waals surface area contributed by atoms with Crippen LogP contribution in [-0.2, 0) is 14.6 Å². The van der Waals surface area contributed by atoms with Crippen molar-refractivity contribution >= 4 is 27.3 Å². The number of nitrogens with zero attached hydrogens (tertiary/aromatic N) is 1. The number of hydrogen-bond acceptors (Lipinski definition) is 5. The standard InChI is InChI=1S/C22H20ClFN2O4S/c1-15-11-19(8-9-20(15)24)31(28,29)21(16-3-2-10-25-12-16)13-26-22(27)14-30-18-6-4-17(23)5-7-18/h2-12,21H,13-14H2,1H3,(H,26,27).